The second kappa shape index (κ2) is 7.97. The Hall–Kier alpha value is -1.25. The minimum atomic E-state index is 0.429. The number of morpholine rings is 1. The van der Waals surface area contributed by atoms with E-state index in [1.165, 1.54) is 0 Å². The number of guanidine groups is 1. The van der Waals surface area contributed by atoms with Crippen LogP contribution in [0.3, 0.4) is 0 Å². The fourth-order valence-electron chi connectivity index (χ4n) is 1.52. The second-order valence-electron chi connectivity index (χ2n) is 3.63. The Labute approximate surface area is 97.0 Å². The van der Waals surface area contributed by atoms with E-state index in [0.29, 0.717) is 12.5 Å². The molecule has 1 fully saturated rings. The Balaban J connectivity index is 2.03. The van der Waals surface area contributed by atoms with Gasteiger partial charge in [-0.3, -0.25) is 9.89 Å². The van der Waals surface area contributed by atoms with Gasteiger partial charge in [-0.05, 0) is 6.42 Å². The molecule has 16 heavy (non-hydrogen) atoms. The van der Waals surface area contributed by atoms with Crippen molar-refractivity contribution in [3.05, 3.63) is 0 Å². The Morgan fingerprint density at radius 1 is 1.50 bits per heavy atom. The van der Waals surface area contributed by atoms with E-state index in [1.54, 1.807) is 0 Å². The molecule has 1 aliphatic heterocycles. The smallest absolute Gasteiger partial charge is 0.189 e. The van der Waals surface area contributed by atoms with Crippen molar-refractivity contribution in [2.45, 2.75) is 6.42 Å². The third-order valence-electron chi connectivity index (χ3n) is 2.39. The van der Waals surface area contributed by atoms with Crippen LogP contribution in [0.1, 0.15) is 6.42 Å². The highest BCUT2D eigenvalue weighted by atomic mass is 16.5. The number of nitrogens with zero attached hydrogens (tertiary/aromatic N) is 2. The van der Waals surface area contributed by atoms with Crippen LogP contribution >= 0.6 is 0 Å². The maximum Gasteiger partial charge on any atom is 0.189 e. The molecule has 0 aliphatic carbocycles. The molecule has 0 atom stereocenters. The van der Waals surface area contributed by atoms with E-state index in [4.69, 9.17) is 16.9 Å². The quantitative estimate of drug-likeness (QED) is 0.279. The molecule has 0 saturated carbocycles. The van der Waals surface area contributed by atoms with Crippen LogP contribution in [0.2, 0.25) is 0 Å². The highest BCUT2D eigenvalue weighted by Gasteiger charge is 2.08. The van der Waals surface area contributed by atoms with Crippen molar-refractivity contribution < 1.29 is 4.74 Å². The first-order chi connectivity index (χ1) is 7.83. The zero-order chi connectivity index (χ0) is 11.6. The van der Waals surface area contributed by atoms with E-state index in [9.17, 15) is 0 Å². The summed E-state index contributed by atoms with van der Waals surface area (Å²) >= 11 is 0. The predicted octanol–water partition coefficient (Wildman–Crippen LogP) is -0.754. The van der Waals surface area contributed by atoms with E-state index in [1.807, 2.05) is 0 Å². The lowest BCUT2D eigenvalue weighted by Crippen LogP contribution is -2.37. The number of nitrogens with one attached hydrogen (secondary N) is 1. The van der Waals surface area contributed by atoms with Gasteiger partial charge in [0.15, 0.2) is 5.96 Å². The lowest BCUT2D eigenvalue weighted by Gasteiger charge is -2.26. The molecule has 1 rings (SSSR count). The first kappa shape index (κ1) is 12.8. The largest absolute Gasteiger partial charge is 0.379 e. The topological polar surface area (TPSA) is 62.9 Å². The van der Waals surface area contributed by atoms with Gasteiger partial charge < -0.3 is 15.8 Å². The first-order valence-electron chi connectivity index (χ1n) is 5.60. The summed E-state index contributed by atoms with van der Waals surface area (Å²) < 4.78 is 5.27. The number of nitrogens with two attached hydrogens (primary N) is 1. The van der Waals surface area contributed by atoms with Gasteiger partial charge in [0, 0.05) is 26.2 Å². The average molecular weight is 224 g/mol. The third kappa shape index (κ3) is 5.59. The molecule has 0 spiro atoms. The van der Waals surface area contributed by atoms with Crippen molar-refractivity contribution in [2.75, 3.05) is 45.9 Å². The summed E-state index contributed by atoms with van der Waals surface area (Å²) in [5.41, 5.74) is 5.59. The number of hydrogen-bond donors (Lipinski definition) is 2. The summed E-state index contributed by atoms with van der Waals surface area (Å²) in [7, 11) is 0. The van der Waals surface area contributed by atoms with Gasteiger partial charge in [0.25, 0.3) is 0 Å². The lowest BCUT2D eigenvalue weighted by atomic mass is 10.3. The molecule has 0 aromatic heterocycles. The van der Waals surface area contributed by atoms with Crippen molar-refractivity contribution in [1.29, 1.82) is 0 Å². The molecule has 5 nitrogen and oxygen atoms in total. The van der Waals surface area contributed by atoms with Crippen molar-refractivity contribution in [3.8, 4) is 12.3 Å². The molecule has 1 saturated heterocycles. The van der Waals surface area contributed by atoms with E-state index >= 15 is 0 Å². The molecular formula is C11H20N4O. The van der Waals surface area contributed by atoms with Gasteiger partial charge in [0.2, 0.25) is 0 Å². The summed E-state index contributed by atoms with van der Waals surface area (Å²) in [5.74, 6) is 2.88. The molecule has 3 N–H and O–H groups in total. The molecule has 1 heterocycles. The van der Waals surface area contributed by atoms with E-state index in [0.717, 1.165) is 45.8 Å². The Morgan fingerprint density at radius 3 is 2.94 bits per heavy atom. The zero-order valence-electron chi connectivity index (χ0n) is 9.61. The average Bonchev–Trinajstić information content (AvgIpc) is 2.33. The molecule has 5 heteroatoms. The van der Waals surface area contributed by atoms with E-state index < -0.39 is 0 Å². The van der Waals surface area contributed by atoms with Crippen LogP contribution in [0, 0.1) is 12.3 Å². The van der Waals surface area contributed by atoms with Crippen LogP contribution in [-0.2, 0) is 4.74 Å². The van der Waals surface area contributed by atoms with Gasteiger partial charge in [-0.25, -0.2) is 0 Å². The van der Waals surface area contributed by atoms with E-state index in [2.05, 4.69) is 21.1 Å². The molecule has 0 radical (unpaired) electrons. The molecular weight excluding hydrogens is 204 g/mol. The van der Waals surface area contributed by atoms with Crippen LogP contribution in [0.25, 0.3) is 0 Å². The van der Waals surface area contributed by atoms with Gasteiger partial charge in [-0.15, -0.1) is 6.42 Å². The van der Waals surface area contributed by atoms with Gasteiger partial charge >= 0.3 is 0 Å². The second-order valence-corrected chi connectivity index (χ2v) is 3.63. The summed E-state index contributed by atoms with van der Waals surface area (Å²) in [5, 5.41) is 2.83. The van der Waals surface area contributed by atoms with Gasteiger partial charge in [-0.2, -0.15) is 0 Å². The summed E-state index contributed by atoms with van der Waals surface area (Å²) in [6, 6.07) is 0. The number of hydrogen-bond acceptors (Lipinski definition) is 3. The van der Waals surface area contributed by atoms with Gasteiger partial charge in [0.1, 0.15) is 0 Å². The fraction of sp³-hybridized carbons (Fsp3) is 0.727. The summed E-state index contributed by atoms with van der Waals surface area (Å²) in [4.78, 5) is 6.55. The molecule has 0 aromatic rings. The molecule has 0 aromatic carbocycles. The highest BCUT2D eigenvalue weighted by molar-refractivity contribution is 5.77. The van der Waals surface area contributed by atoms with Crippen LogP contribution in [0.5, 0.6) is 0 Å². The van der Waals surface area contributed by atoms with Crippen LogP contribution in [0.15, 0.2) is 4.99 Å². The molecule has 0 amide bonds. The zero-order valence-corrected chi connectivity index (χ0v) is 9.61. The maximum absolute atomic E-state index is 5.59. The van der Waals surface area contributed by atoms with Gasteiger partial charge in [-0.1, -0.05) is 5.92 Å². The minimum absolute atomic E-state index is 0.429. The van der Waals surface area contributed by atoms with E-state index in [-0.39, 0.29) is 0 Å². The fourth-order valence-corrected chi connectivity index (χ4v) is 1.52. The number of terminal acetylenes is 1. The summed E-state index contributed by atoms with van der Waals surface area (Å²) in [6.45, 7) is 5.95. The predicted molar refractivity (Wildman–Crippen MR) is 65.2 cm³/mol. The number of ether oxygens (including phenoxy) is 1. The monoisotopic (exact) mass is 224 g/mol. The van der Waals surface area contributed by atoms with Crippen molar-refractivity contribution >= 4 is 5.96 Å². The maximum atomic E-state index is 5.59. The minimum Gasteiger partial charge on any atom is -0.379 e. The Bertz CT molecular complexity index is 253. The Morgan fingerprint density at radius 2 is 2.25 bits per heavy atom. The SMILES string of the molecule is C#CCNC(N)=NCCCN1CCOCC1. The van der Waals surface area contributed by atoms with Gasteiger partial charge in [0.05, 0.1) is 19.8 Å². The van der Waals surface area contributed by atoms with Crippen molar-refractivity contribution in [2.24, 2.45) is 10.7 Å². The van der Waals surface area contributed by atoms with Crippen LogP contribution < -0.4 is 11.1 Å². The summed E-state index contributed by atoms with van der Waals surface area (Å²) in [6.07, 6.45) is 6.10. The normalized spacial score (nSPS) is 18.1. The third-order valence-corrected chi connectivity index (χ3v) is 2.39. The Kier molecular flexibility index (Phi) is 6.38. The highest BCUT2D eigenvalue weighted by Crippen LogP contribution is 1.97. The number of rotatable bonds is 5. The standard InChI is InChI=1S/C11H20N4O/c1-2-4-13-11(12)14-5-3-6-15-7-9-16-10-8-15/h1H,3-10H2,(H3,12,13,14). The molecule has 0 bridgehead atoms. The van der Waals surface area contributed by atoms with Crippen molar-refractivity contribution in [1.82, 2.24) is 10.2 Å². The number of aliphatic imine (C=N–C) groups is 1. The lowest BCUT2D eigenvalue weighted by molar-refractivity contribution is 0.0377. The van der Waals surface area contributed by atoms with Crippen molar-refractivity contribution in [3.63, 3.8) is 0 Å². The molecule has 1 aliphatic rings. The van der Waals surface area contributed by atoms with Crippen LogP contribution in [0.4, 0.5) is 0 Å². The first-order valence-corrected chi connectivity index (χ1v) is 5.60. The molecule has 90 valence electrons. The molecule has 0 unspecified atom stereocenters. The van der Waals surface area contributed by atoms with Crippen LogP contribution in [-0.4, -0.2) is 56.8 Å².